The Morgan fingerprint density at radius 1 is 1.25 bits per heavy atom. The number of fused-ring (bicyclic) bond motifs is 1. The number of amides is 2. The molecule has 1 aromatic heterocycles. The minimum atomic E-state index is -0.627. The zero-order chi connectivity index (χ0) is 17.5. The van der Waals surface area contributed by atoms with Crippen molar-refractivity contribution in [3.05, 3.63) is 36.0 Å². The molecule has 0 saturated heterocycles. The van der Waals surface area contributed by atoms with Gasteiger partial charge in [0.25, 0.3) is 0 Å². The molecule has 6 nitrogen and oxygen atoms in total. The van der Waals surface area contributed by atoms with Gasteiger partial charge in [-0.3, -0.25) is 9.59 Å². The van der Waals surface area contributed by atoms with Gasteiger partial charge in [0, 0.05) is 43.1 Å². The van der Waals surface area contributed by atoms with Gasteiger partial charge < -0.3 is 20.7 Å². The number of hydrogen-bond donors (Lipinski definition) is 4. The Kier molecular flexibility index (Phi) is 6.37. The van der Waals surface area contributed by atoms with E-state index in [4.69, 9.17) is 5.11 Å². The normalized spacial score (nSPS) is 13.5. The number of aliphatic hydroxyl groups is 1. The molecule has 6 heteroatoms. The molecule has 0 aliphatic heterocycles. The zero-order valence-electron chi connectivity index (χ0n) is 14.1. The smallest absolute Gasteiger partial charge is 0.243 e. The molecule has 0 radical (unpaired) electrons. The number of para-hydroxylation sites is 1. The average molecular weight is 331 g/mol. The Morgan fingerprint density at radius 3 is 2.71 bits per heavy atom. The summed E-state index contributed by atoms with van der Waals surface area (Å²) >= 11 is 0. The molecule has 0 spiro atoms. The molecule has 2 amide bonds. The molecule has 0 aliphatic carbocycles. The summed E-state index contributed by atoms with van der Waals surface area (Å²) in [5, 5.41) is 15.6. The summed E-state index contributed by atoms with van der Waals surface area (Å²) in [4.78, 5) is 27.2. The molecule has 0 fully saturated rings. The lowest BCUT2D eigenvalue weighted by atomic mass is 10.0. The van der Waals surface area contributed by atoms with Crippen LogP contribution in [0.25, 0.3) is 10.9 Å². The van der Waals surface area contributed by atoms with E-state index in [0.29, 0.717) is 19.3 Å². The molecule has 0 saturated carbocycles. The maximum absolute atomic E-state index is 12.5. The van der Waals surface area contributed by atoms with E-state index in [0.717, 1.165) is 16.5 Å². The molecule has 1 heterocycles. The first-order valence-corrected chi connectivity index (χ1v) is 8.24. The number of rotatable bonds is 8. The van der Waals surface area contributed by atoms with Crippen LogP contribution in [-0.2, 0) is 16.0 Å². The summed E-state index contributed by atoms with van der Waals surface area (Å²) in [6.45, 7) is 3.40. The van der Waals surface area contributed by atoms with Crippen molar-refractivity contribution in [1.29, 1.82) is 0 Å². The third kappa shape index (κ3) is 4.83. The van der Waals surface area contributed by atoms with Crippen molar-refractivity contribution in [2.24, 2.45) is 0 Å². The zero-order valence-corrected chi connectivity index (χ0v) is 14.1. The third-order valence-corrected chi connectivity index (χ3v) is 3.98. The van der Waals surface area contributed by atoms with Crippen molar-refractivity contribution < 1.29 is 14.7 Å². The maximum atomic E-state index is 12.5. The van der Waals surface area contributed by atoms with Gasteiger partial charge in [0.05, 0.1) is 0 Å². The van der Waals surface area contributed by atoms with E-state index in [2.05, 4.69) is 15.6 Å². The van der Waals surface area contributed by atoms with Gasteiger partial charge in [0.1, 0.15) is 6.04 Å². The van der Waals surface area contributed by atoms with E-state index in [1.54, 1.807) is 0 Å². The van der Waals surface area contributed by atoms with E-state index >= 15 is 0 Å². The molecule has 2 aromatic rings. The van der Waals surface area contributed by atoms with Gasteiger partial charge in [-0.25, -0.2) is 0 Å². The number of nitrogens with one attached hydrogen (secondary N) is 3. The third-order valence-electron chi connectivity index (χ3n) is 3.98. The number of carbonyl (C=O) groups excluding carboxylic acids is 2. The van der Waals surface area contributed by atoms with Crippen molar-refractivity contribution in [2.75, 3.05) is 6.61 Å². The van der Waals surface area contributed by atoms with Crippen LogP contribution in [0.15, 0.2) is 30.5 Å². The summed E-state index contributed by atoms with van der Waals surface area (Å²) in [5.74, 6) is -0.445. The largest absolute Gasteiger partial charge is 0.396 e. The number of aliphatic hydroxyl groups excluding tert-OH is 1. The van der Waals surface area contributed by atoms with E-state index in [9.17, 15) is 9.59 Å². The van der Waals surface area contributed by atoms with Gasteiger partial charge in [0.2, 0.25) is 11.8 Å². The minimum absolute atomic E-state index is 0.0520. The maximum Gasteiger partial charge on any atom is 0.243 e. The summed E-state index contributed by atoms with van der Waals surface area (Å²) in [5.41, 5.74) is 1.99. The first-order chi connectivity index (χ1) is 11.5. The minimum Gasteiger partial charge on any atom is -0.396 e. The molecule has 0 bridgehead atoms. The van der Waals surface area contributed by atoms with Gasteiger partial charge in [-0.2, -0.15) is 0 Å². The molecule has 2 rings (SSSR count). The highest BCUT2D eigenvalue weighted by atomic mass is 16.3. The van der Waals surface area contributed by atoms with Crippen molar-refractivity contribution in [1.82, 2.24) is 15.6 Å². The standard InChI is InChI=1S/C18H25N3O3/c1-12(6-5-9-22)20-18(24)17(21-13(2)23)10-14-11-19-16-8-4-3-7-15(14)16/h3-4,7-8,11-12,17,19,22H,5-6,9-10H2,1-2H3,(H,20,24)(H,21,23). The van der Waals surface area contributed by atoms with Crippen LogP contribution in [0.3, 0.4) is 0 Å². The fourth-order valence-corrected chi connectivity index (χ4v) is 2.79. The van der Waals surface area contributed by atoms with Crippen LogP contribution in [0, 0.1) is 0 Å². The van der Waals surface area contributed by atoms with Crippen molar-refractivity contribution >= 4 is 22.7 Å². The number of aromatic amines is 1. The van der Waals surface area contributed by atoms with Crippen LogP contribution >= 0.6 is 0 Å². The van der Waals surface area contributed by atoms with Crippen LogP contribution < -0.4 is 10.6 Å². The fourth-order valence-electron chi connectivity index (χ4n) is 2.79. The molecule has 2 unspecified atom stereocenters. The number of aromatic nitrogens is 1. The Hall–Kier alpha value is -2.34. The number of hydrogen-bond acceptors (Lipinski definition) is 3. The van der Waals surface area contributed by atoms with Crippen LogP contribution in [0.4, 0.5) is 0 Å². The molecule has 4 N–H and O–H groups in total. The monoisotopic (exact) mass is 331 g/mol. The summed E-state index contributed by atoms with van der Waals surface area (Å²) in [6.07, 6.45) is 3.63. The van der Waals surface area contributed by atoms with E-state index in [1.165, 1.54) is 6.92 Å². The lowest BCUT2D eigenvalue weighted by Gasteiger charge is -2.20. The SMILES string of the molecule is CC(=O)NC(Cc1c[nH]c2ccccc12)C(=O)NC(C)CCCO. The van der Waals surface area contributed by atoms with Gasteiger partial charge in [-0.05, 0) is 31.4 Å². The molecule has 1 aromatic carbocycles. The van der Waals surface area contributed by atoms with E-state index in [1.807, 2.05) is 37.4 Å². The highest BCUT2D eigenvalue weighted by molar-refractivity contribution is 5.89. The second-order valence-electron chi connectivity index (χ2n) is 6.09. The molecular formula is C18H25N3O3. The van der Waals surface area contributed by atoms with Gasteiger partial charge in [-0.15, -0.1) is 0 Å². The predicted octanol–water partition coefficient (Wildman–Crippen LogP) is 1.49. The van der Waals surface area contributed by atoms with E-state index in [-0.39, 0.29) is 24.5 Å². The van der Waals surface area contributed by atoms with Gasteiger partial charge in [0.15, 0.2) is 0 Å². The Labute approximate surface area is 141 Å². The van der Waals surface area contributed by atoms with Gasteiger partial charge in [-0.1, -0.05) is 18.2 Å². The fraction of sp³-hybridized carbons (Fsp3) is 0.444. The number of H-pyrrole nitrogens is 1. The van der Waals surface area contributed by atoms with Crippen molar-refractivity contribution in [3.63, 3.8) is 0 Å². The Bertz CT molecular complexity index is 696. The molecule has 0 aliphatic rings. The van der Waals surface area contributed by atoms with Gasteiger partial charge >= 0.3 is 0 Å². The highest BCUT2D eigenvalue weighted by Crippen LogP contribution is 2.19. The summed E-state index contributed by atoms with van der Waals surface area (Å²) in [6, 6.07) is 7.19. The van der Waals surface area contributed by atoms with Crippen molar-refractivity contribution in [3.8, 4) is 0 Å². The number of carbonyl (C=O) groups is 2. The van der Waals surface area contributed by atoms with Crippen LogP contribution in [0.2, 0.25) is 0 Å². The summed E-state index contributed by atoms with van der Waals surface area (Å²) in [7, 11) is 0. The molecule has 2 atom stereocenters. The topological polar surface area (TPSA) is 94.2 Å². The number of benzene rings is 1. The molecule has 130 valence electrons. The summed E-state index contributed by atoms with van der Waals surface area (Å²) < 4.78 is 0. The van der Waals surface area contributed by atoms with Crippen LogP contribution in [-0.4, -0.2) is 40.6 Å². The lowest BCUT2D eigenvalue weighted by Crippen LogP contribution is -2.49. The quantitative estimate of drug-likeness (QED) is 0.590. The average Bonchev–Trinajstić information content (AvgIpc) is 2.95. The Morgan fingerprint density at radius 2 is 2.00 bits per heavy atom. The second kappa shape index (κ2) is 8.49. The molecular weight excluding hydrogens is 306 g/mol. The first-order valence-electron chi connectivity index (χ1n) is 8.24. The molecule has 24 heavy (non-hydrogen) atoms. The van der Waals surface area contributed by atoms with Crippen LogP contribution in [0.1, 0.15) is 32.3 Å². The first kappa shape index (κ1) is 18.0. The highest BCUT2D eigenvalue weighted by Gasteiger charge is 2.22. The van der Waals surface area contributed by atoms with E-state index < -0.39 is 6.04 Å². The predicted molar refractivity (Wildman–Crippen MR) is 93.5 cm³/mol. The second-order valence-corrected chi connectivity index (χ2v) is 6.09. The van der Waals surface area contributed by atoms with Crippen molar-refractivity contribution in [2.45, 2.75) is 45.2 Å². The Balaban J connectivity index is 2.10. The lowest BCUT2D eigenvalue weighted by molar-refractivity contribution is -0.128. The van der Waals surface area contributed by atoms with Crippen LogP contribution in [0.5, 0.6) is 0 Å².